The van der Waals surface area contributed by atoms with E-state index in [4.69, 9.17) is 0 Å². The Balaban J connectivity index is 1.97. The number of thiophene rings is 1. The predicted octanol–water partition coefficient (Wildman–Crippen LogP) is 3.55. The third kappa shape index (κ3) is 3.02. The number of sulfonamides is 1. The van der Waals surface area contributed by atoms with Crippen LogP contribution in [0, 0.1) is 12.7 Å². The number of aryl methyl sites for hydroxylation is 1. The minimum Gasteiger partial charge on any atom is -0.207 e. The molecule has 21 heavy (non-hydrogen) atoms. The van der Waals surface area contributed by atoms with Gasteiger partial charge in [-0.1, -0.05) is 0 Å². The first-order valence-corrected chi connectivity index (χ1v) is 9.16. The summed E-state index contributed by atoms with van der Waals surface area (Å²) < 4.78 is 40.5. The molecule has 112 valence electrons. The van der Waals surface area contributed by atoms with Crippen molar-refractivity contribution in [1.29, 1.82) is 0 Å². The average molecular weight is 325 g/mol. The molecule has 0 amide bonds. The highest BCUT2D eigenvalue weighted by atomic mass is 32.2. The first-order chi connectivity index (χ1) is 9.98. The molecule has 1 fully saturated rings. The molecule has 0 spiro atoms. The Bertz CT molecular complexity index is 737. The van der Waals surface area contributed by atoms with Gasteiger partial charge in [-0.2, -0.15) is 15.6 Å². The quantitative estimate of drug-likeness (QED) is 0.843. The molecular weight excluding hydrogens is 309 g/mol. The molecule has 3 nitrogen and oxygen atoms in total. The summed E-state index contributed by atoms with van der Waals surface area (Å²) in [5, 5.41) is 3.90. The summed E-state index contributed by atoms with van der Waals surface area (Å²) in [7, 11) is -3.59. The van der Waals surface area contributed by atoms with Gasteiger partial charge in [0.15, 0.2) is 0 Å². The number of halogens is 1. The normalized spacial score (nSPS) is 15.6. The van der Waals surface area contributed by atoms with Crippen LogP contribution in [-0.4, -0.2) is 18.8 Å². The maximum absolute atomic E-state index is 13.2. The SMILES string of the molecule is Cc1cc(F)ccc1S(=O)(=O)N(Cc1ccsc1)C1CC1. The smallest absolute Gasteiger partial charge is 0.207 e. The molecule has 1 aromatic carbocycles. The van der Waals surface area contributed by atoms with Crippen LogP contribution in [0.3, 0.4) is 0 Å². The van der Waals surface area contributed by atoms with Crippen LogP contribution in [0.4, 0.5) is 4.39 Å². The van der Waals surface area contributed by atoms with Crippen LogP contribution in [0.15, 0.2) is 39.9 Å². The molecule has 1 aromatic heterocycles. The largest absolute Gasteiger partial charge is 0.243 e. The molecule has 0 bridgehead atoms. The van der Waals surface area contributed by atoms with Gasteiger partial charge in [0, 0.05) is 12.6 Å². The first-order valence-electron chi connectivity index (χ1n) is 6.77. The van der Waals surface area contributed by atoms with E-state index in [0.29, 0.717) is 12.1 Å². The number of hydrogen-bond acceptors (Lipinski definition) is 3. The van der Waals surface area contributed by atoms with Crippen molar-refractivity contribution in [3.05, 3.63) is 52.0 Å². The summed E-state index contributed by atoms with van der Waals surface area (Å²) in [6, 6.07) is 5.84. The minimum atomic E-state index is -3.59. The Morgan fingerprint density at radius 3 is 2.67 bits per heavy atom. The van der Waals surface area contributed by atoms with Gasteiger partial charge in [-0.05, 0) is 65.9 Å². The van der Waals surface area contributed by atoms with Crippen molar-refractivity contribution in [3.63, 3.8) is 0 Å². The highest BCUT2D eigenvalue weighted by Gasteiger charge is 2.38. The van der Waals surface area contributed by atoms with Gasteiger partial charge in [0.25, 0.3) is 0 Å². The van der Waals surface area contributed by atoms with Crippen molar-refractivity contribution in [2.24, 2.45) is 0 Å². The van der Waals surface area contributed by atoms with E-state index >= 15 is 0 Å². The fourth-order valence-electron chi connectivity index (χ4n) is 2.36. The van der Waals surface area contributed by atoms with Gasteiger partial charge in [-0.15, -0.1) is 0 Å². The van der Waals surface area contributed by atoms with E-state index in [1.54, 1.807) is 22.6 Å². The molecule has 0 aliphatic heterocycles. The van der Waals surface area contributed by atoms with Crippen LogP contribution < -0.4 is 0 Å². The first kappa shape index (κ1) is 14.7. The zero-order valence-electron chi connectivity index (χ0n) is 11.6. The Kier molecular flexibility index (Phi) is 3.86. The number of benzene rings is 1. The van der Waals surface area contributed by atoms with Crippen molar-refractivity contribution in [1.82, 2.24) is 4.31 Å². The van der Waals surface area contributed by atoms with Crippen molar-refractivity contribution < 1.29 is 12.8 Å². The third-order valence-electron chi connectivity index (χ3n) is 3.60. The summed E-state index contributed by atoms with van der Waals surface area (Å²) in [5.74, 6) is -0.415. The summed E-state index contributed by atoms with van der Waals surface area (Å²) in [5.41, 5.74) is 1.45. The van der Waals surface area contributed by atoms with E-state index in [9.17, 15) is 12.8 Å². The Hall–Kier alpha value is -1.24. The Morgan fingerprint density at radius 1 is 1.33 bits per heavy atom. The third-order valence-corrected chi connectivity index (χ3v) is 6.39. The lowest BCUT2D eigenvalue weighted by Crippen LogP contribution is -2.33. The van der Waals surface area contributed by atoms with E-state index in [1.165, 1.54) is 18.2 Å². The number of rotatable bonds is 5. The molecular formula is C15H16FNO2S2. The van der Waals surface area contributed by atoms with E-state index in [0.717, 1.165) is 18.4 Å². The summed E-state index contributed by atoms with van der Waals surface area (Å²) >= 11 is 1.55. The molecule has 1 aliphatic rings. The van der Waals surface area contributed by atoms with E-state index in [2.05, 4.69) is 0 Å². The lowest BCUT2D eigenvalue weighted by Gasteiger charge is -2.22. The van der Waals surface area contributed by atoms with Crippen LogP contribution in [0.1, 0.15) is 24.0 Å². The molecule has 0 saturated heterocycles. The van der Waals surface area contributed by atoms with E-state index in [1.807, 2.05) is 16.8 Å². The predicted molar refractivity (Wildman–Crippen MR) is 81.2 cm³/mol. The fraction of sp³-hybridized carbons (Fsp3) is 0.333. The van der Waals surface area contributed by atoms with Crippen molar-refractivity contribution in [3.8, 4) is 0 Å². The maximum atomic E-state index is 13.2. The maximum Gasteiger partial charge on any atom is 0.243 e. The molecule has 0 radical (unpaired) electrons. The zero-order valence-corrected chi connectivity index (χ0v) is 13.3. The second kappa shape index (κ2) is 5.51. The summed E-state index contributed by atoms with van der Waals surface area (Å²) in [6.07, 6.45) is 1.78. The molecule has 0 unspecified atom stereocenters. The van der Waals surface area contributed by atoms with Crippen molar-refractivity contribution in [2.75, 3.05) is 0 Å². The lowest BCUT2D eigenvalue weighted by molar-refractivity contribution is 0.398. The molecule has 1 saturated carbocycles. The number of nitrogens with zero attached hydrogens (tertiary/aromatic N) is 1. The monoisotopic (exact) mass is 325 g/mol. The molecule has 1 heterocycles. The average Bonchev–Trinajstić information content (AvgIpc) is 3.11. The minimum absolute atomic E-state index is 0.0688. The Labute approximate surface area is 128 Å². The van der Waals surface area contributed by atoms with Crippen LogP contribution in [-0.2, 0) is 16.6 Å². The summed E-state index contributed by atoms with van der Waals surface area (Å²) in [6.45, 7) is 2.01. The van der Waals surface area contributed by atoms with Gasteiger partial charge in [0.1, 0.15) is 5.82 Å². The van der Waals surface area contributed by atoms with Gasteiger partial charge in [-0.25, -0.2) is 12.8 Å². The molecule has 1 aliphatic carbocycles. The van der Waals surface area contributed by atoms with Crippen LogP contribution >= 0.6 is 11.3 Å². The van der Waals surface area contributed by atoms with Crippen LogP contribution in [0.5, 0.6) is 0 Å². The van der Waals surface area contributed by atoms with Gasteiger partial charge < -0.3 is 0 Å². The lowest BCUT2D eigenvalue weighted by atomic mass is 10.2. The van der Waals surface area contributed by atoms with Gasteiger partial charge in [0.05, 0.1) is 4.90 Å². The fourth-order valence-corrected chi connectivity index (χ4v) is 4.90. The van der Waals surface area contributed by atoms with Crippen LogP contribution in [0.25, 0.3) is 0 Å². The van der Waals surface area contributed by atoms with E-state index < -0.39 is 15.8 Å². The second-order valence-corrected chi connectivity index (χ2v) is 7.96. The highest BCUT2D eigenvalue weighted by Crippen LogP contribution is 2.34. The molecule has 2 aromatic rings. The van der Waals surface area contributed by atoms with Gasteiger partial charge >= 0.3 is 0 Å². The van der Waals surface area contributed by atoms with Crippen molar-refractivity contribution in [2.45, 2.75) is 37.2 Å². The second-order valence-electron chi connectivity index (χ2n) is 5.32. The molecule has 0 N–H and O–H groups in total. The van der Waals surface area contributed by atoms with Gasteiger partial charge in [-0.3, -0.25) is 0 Å². The van der Waals surface area contributed by atoms with Gasteiger partial charge in [0.2, 0.25) is 10.0 Å². The van der Waals surface area contributed by atoms with Crippen molar-refractivity contribution >= 4 is 21.4 Å². The molecule has 6 heteroatoms. The van der Waals surface area contributed by atoms with E-state index in [-0.39, 0.29) is 10.9 Å². The number of hydrogen-bond donors (Lipinski definition) is 0. The highest BCUT2D eigenvalue weighted by molar-refractivity contribution is 7.89. The Morgan fingerprint density at radius 2 is 2.10 bits per heavy atom. The van der Waals surface area contributed by atoms with Crippen LogP contribution in [0.2, 0.25) is 0 Å². The zero-order chi connectivity index (χ0) is 15.0. The molecule has 3 rings (SSSR count). The topological polar surface area (TPSA) is 37.4 Å². The summed E-state index contributed by atoms with van der Waals surface area (Å²) in [4.78, 5) is 0.200. The standard InChI is InChI=1S/C15H16FNO2S2/c1-11-8-13(16)2-5-15(11)21(18,19)17(14-3-4-14)9-12-6-7-20-10-12/h2,5-8,10,14H,3-4,9H2,1H3. The molecule has 0 atom stereocenters.